The van der Waals surface area contributed by atoms with E-state index in [9.17, 15) is 63.0 Å². The molecule has 0 rings (SSSR count). The monoisotopic (exact) mass is 732 g/mol. The predicted octanol–water partition coefficient (Wildman–Crippen LogP) is -5.30. The summed E-state index contributed by atoms with van der Waals surface area (Å²) in [6, 6.07) is -8.12. The quantitative estimate of drug-likeness (QED) is 0.0417. The van der Waals surface area contributed by atoms with E-state index in [-0.39, 0.29) is 0 Å². The first-order chi connectivity index (χ1) is 23.7. The zero-order valence-electron chi connectivity index (χ0n) is 27.8. The summed E-state index contributed by atoms with van der Waals surface area (Å²) >= 11 is 0. The Hall–Kier alpha value is -5.87. The summed E-state index contributed by atoms with van der Waals surface area (Å²) in [6.45, 7) is 1.59. The molecule has 14 N–H and O–H groups in total. The van der Waals surface area contributed by atoms with Gasteiger partial charge in [-0.2, -0.15) is 0 Å². The van der Waals surface area contributed by atoms with E-state index in [1.54, 1.807) is 13.8 Å². The third-order valence-corrected chi connectivity index (χ3v) is 6.98. The number of hydrogen-bond donors (Lipinski definition) is 12. The Kier molecular flexibility index (Phi) is 20.1. The van der Waals surface area contributed by atoms with Gasteiger partial charge in [0.25, 0.3) is 0 Å². The highest BCUT2D eigenvalue weighted by atomic mass is 16.4. The highest BCUT2D eigenvalue weighted by Gasteiger charge is 2.33. The van der Waals surface area contributed by atoms with Gasteiger partial charge in [0.2, 0.25) is 41.4 Å². The molecule has 0 saturated heterocycles. The summed E-state index contributed by atoms with van der Waals surface area (Å²) in [7, 11) is 0. The van der Waals surface area contributed by atoms with Gasteiger partial charge in [0.1, 0.15) is 30.7 Å². The number of carboxylic acid groups (broad SMARTS) is 4. The lowest BCUT2D eigenvalue weighted by Crippen LogP contribution is -2.59. The lowest BCUT2D eigenvalue weighted by Gasteiger charge is -2.27. The van der Waals surface area contributed by atoms with Crippen LogP contribution >= 0.6 is 0 Å². The Morgan fingerprint density at radius 1 is 0.569 bits per heavy atom. The molecule has 0 bridgehead atoms. The smallest absolute Gasteiger partial charge is 0.322 e. The largest absolute Gasteiger partial charge is 0.481 e. The lowest BCUT2D eigenvalue weighted by atomic mass is 9.97. The number of carboxylic acids is 4. The van der Waals surface area contributed by atoms with E-state index in [1.807, 2.05) is 5.32 Å². The van der Waals surface area contributed by atoms with Crippen LogP contribution in [-0.4, -0.2) is 129 Å². The number of rotatable bonds is 25. The summed E-state index contributed by atoms with van der Waals surface area (Å²) < 4.78 is 0. The number of carbonyl (C=O) groups excluding carboxylic acids is 7. The van der Waals surface area contributed by atoms with Crippen LogP contribution in [-0.2, 0) is 52.7 Å². The molecule has 7 amide bonds. The molecule has 6 atom stereocenters. The molecule has 0 aliphatic heterocycles. The molecule has 0 aliphatic carbocycles. The van der Waals surface area contributed by atoms with Gasteiger partial charge in [0, 0.05) is 12.8 Å². The van der Waals surface area contributed by atoms with Crippen LogP contribution < -0.4 is 43.4 Å². The van der Waals surface area contributed by atoms with Gasteiger partial charge in [-0.3, -0.25) is 52.7 Å². The molecular weight excluding hydrogens is 688 g/mol. The molecule has 0 saturated carbocycles. The Bertz CT molecular complexity index is 1340. The second-order valence-electron chi connectivity index (χ2n) is 11.2. The maximum absolute atomic E-state index is 13.4. The van der Waals surface area contributed by atoms with Crippen LogP contribution in [0.1, 0.15) is 58.8 Å². The summed E-state index contributed by atoms with van der Waals surface area (Å²) in [5.74, 6) is -13.8. The fraction of sp³-hybridized carbons (Fsp3) is 0.607. The Morgan fingerprint density at radius 3 is 1.47 bits per heavy atom. The van der Waals surface area contributed by atoms with Crippen molar-refractivity contribution in [2.75, 3.05) is 13.1 Å². The van der Waals surface area contributed by atoms with Gasteiger partial charge in [-0.25, -0.2) is 0 Å². The molecule has 23 nitrogen and oxygen atoms in total. The van der Waals surface area contributed by atoms with Gasteiger partial charge < -0.3 is 63.8 Å². The van der Waals surface area contributed by atoms with Crippen molar-refractivity contribution in [3.05, 3.63) is 0 Å². The Morgan fingerprint density at radius 2 is 1.04 bits per heavy atom. The van der Waals surface area contributed by atoms with E-state index in [1.165, 1.54) is 0 Å². The molecule has 0 fully saturated rings. The summed E-state index contributed by atoms with van der Waals surface area (Å²) in [6.07, 6.45) is -3.91. The minimum Gasteiger partial charge on any atom is -0.481 e. The summed E-state index contributed by atoms with van der Waals surface area (Å²) in [4.78, 5) is 133. The van der Waals surface area contributed by atoms with Crippen LogP contribution in [0.3, 0.4) is 0 Å². The number of nitrogens with two attached hydrogens (primary N) is 2. The standard InChI is InChI=1S/C28H44N8O15/c1-3-12(2)23(28(51)32-11-22(45)46)36-26(49)15(5-7-20(41)42)34-25(48)14(4-6-19(39)40)35-27(50)16(9-17(30)37)33-18(38)10-31-24(47)13(29)8-21(43)44/h12-16,23H,3-11,29H2,1-2H3,(H2,30,37)(H,31,47)(H,32,51)(H,33,38)(H,34,48)(H,35,50)(H,36,49)(H,39,40)(H,41,42)(H,43,44)(H,45,46)/t12-,13-,14-,15-,16-,23-/m0/s1. The molecule has 0 radical (unpaired) electrons. The van der Waals surface area contributed by atoms with Crippen molar-refractivity contribution >= 4 is 65.2 Å². The van der Waals surface area contributed by atoms with Gasteiger partial charge in [0.05, 0.1) is 25.4 Å². The molecule has 0 aromatic carbocycles. The zero-order chi connectivity index (χ0) is 39.4. The van der Waals surface area contributed by atoms with Crippen molar-refractivity contribution in [1.82, 2.24) is 31.9 Å². The molecule has 286 valence electrons. The minimum absolute atomic E-state index is 0.314. The first kappa shape index (κ1) is 45.1. The third kappa shape index (κ3) is 19.0. The second kappa shape index (κ2) is 22.7. The number of amides is 7. The van der Waals surface area contributed by atoms with Crippen LogP contribution in [0.15, 0.2) is 0 Å². The number of hydrogen-bond acceptors (Lipinski definition) is 12. The van der Waals surface area contributed by atoms with Crippen molar-refractivity contribution in [2.24, 2.45) is 17.4 Å². The Labute approximate surface area is 290 Å². The van der Waals surface area contributed by atoms with Crippen molar-refractivity contribution in [2.45, 2.75) is 89.0 Å². The number of primary amides is 1. The van der Waals surface area contributed by atoms with Crippen LogP contribution in [0, 0.1) is 5.92 Å². The van der Waals surface area contributed by atoms with Crippen LogP contribution in [0.25, 0.3) is 0 Å². The number of nitrogens with one attached hydrogen (secondary N) is 6. The van der Waals surface area contributed by atoms with Crippen molar-refractivity contribution < 1.29 is 73.2 Å². The lowest BCUT2D eigenvalue weighted by molar-refractivity contribution is -0.140. The highest BCUT2D eigenvalue weighted by molar-refractivity contribution is 5.98. The molecule has 0 aliphatic rings. The van der Waals surface area contributed by atoms with E-state index in [0.717, 1.165) is 0 Å². The molecule has 0 unspecified atom stereocenters. The number of aliphatic carboxylic acids is 4. The van der Waals surface area contributed by atoms with Crippen LogP contribution in [0.4, 0.5) is 0 Å². The average Bonchev–Trinajstić information content (AvgIpc) is 3.03. The van der Waals surface area contributed by atoms with Crippen molar-refractivity contribution in [3.8, 4) is 0 Å². The zero-order valence-corrected chi connectivity index (χ0v) is 27.8. The average molecular weight is 733 g/mol. The fourth-order valence-electron chi connectivity index (χ4n) is 4.08. The molecular formula is C28H44N8O15. The first-order valence-electron chi connectivity index (χ1n) is 15.3. The molecule has 0 aromatic rings. The third-order valence-electron chi connectivity index (χ3n) is 6.98. The fourth-order valence-corrected chi connectivity index (χ4v) is 4.08. The molecule has 0 aromatic heterocycles. The van der Waals surface area contributed by atoms with Crippen LogP contribution in [0.2, 0.25) is 0 Å². The van der Waals surface area contributed by atoms with E-state index in [2.05, 4.69) is 26.6 Å². The van der Waals surface area contributed by atoms with Gasteiger partial charge in [-0.15, -0.1) is 0 Å². The van der Waals surface area contributed by atoms with E-state index >= 15 is 0 Å². The number of carbonyl (C=O) groups is 11. The maximum Gasteiger partial charge on any atom is 0.322 e. The topological polar surface area (TPSA) is 393 Å². The summed E-state index contributed by atoms with van der Waals surface area (Å²) in [5, 5.41) is 48.9. The van der Waals surface area contributed by atoms with Gasteiger partial charge >= 0.3 is 23.9 Å². The highest BCUT2D eigenvalue weighted by Crippen LogP contribution is 2.10. The van der Waals surface area contributed by atoms with Crippen molar-refractivity contribution in [1.29, 1.82) is 0 Å². The van der Waals surface area contributed by atoms with Crippen LogP contribution in [0.5, 0.6) is 0 Å². The van der Waals surface area contributed by atoms with E-state index in [0.29, 0.717) is 6.42 Å². The SMILES string of the molecule is CC[C@H](C)[C@H](NC(=O)[C@H](CCC(=O)O)NC(=O)[C@H](CCC(=O)O)NC(=O)[C@H](CC(N)=O)NC(=O)CNC(=O)[C@@H](N)CC(=O)O)C(=O)NCC(=O)O. The van der Waals surface area contributed by atoms with E-state index < -0.39 is 153 Å². The van der Waals surface area contributed by atoms with Gasteiger partial charge in [-0.05, 0) is 18.8 Å². The molecule has 0 spiro atoms. The van der Waals surface area contributed by atoms with E-state index in [4.69, 9.17) is 21.7 Å². The maximum atomic E-state index is 13.4. The molecule has 0 heterocycles. The van der Waals surface area contributed by atoms with Crippen molar-refractivity contribution in [3.63, 3.8) is 0 Å². The summed E-state index contributed by atoms with van der Waals surface area (Å²) in [5.41, 5.74) is 10.6. The Balaban J connectivity index is 6.11. The normalized spacial score (nSPS) is 14.1. The predicted molar refractivity (Wildman–Crippen MR) is 169 cm³/mol. The minimum atomic E-state index is -1.80. The van der Waals surface area contributed by atoms with Gasteiger partial charge in [-0.1, -0.05) is 20.3 Å². The van der Waals surface area contributed by atoms with Gasteiger partial charge in [0.15, 0.2) is 0 Å². The molecule has 23 heteroatoms. The first-order valence-corrected chi connectivity index (χ1v) is 15.3. The second-order valence-corrected chi connectivity index (χ2v) is 11.2. The molecule has 51 heavy (non-hydrogen) atoms.